The lowest BCUT2D eigenvalue weighted by Gasteiger charge is -2.09. The van der Waals surface area contributed by atoms with Gasteiger partial charge in [0.15, 0.2) is 0 Å². The van der Waals surface area contributed by atoms with Gasteiger partial charge < -0.3 is 0 Å². The van der Waals surface area contributed by atoms with Crippen molar-refractivity contribution in [3.63, 3.8) is 0 Å². The SMILES string of the molecule is O=C(NNS(=O)(=O)c1ccc(Br)cc1Cl)c1cc2c(s1)CCCCC2. The van der Waals surface area contributed by atoms with Crippen LogP contribution in [-0.2, 0) is 22.9 Å². The monoisotopic (exact) mass is 462 g/mol. The molecule has 9 heteroatoms. The van der Waals surface area contributed by atoms with Gasteiger partial charge >= 0.3 is 0 Å². The third-order valence-corrected chi connectivity index (χ3v) is 7.41. The highest BCUT2D eigenvalue weighted by Gasteiger charge is 2.21. The van der Waals surface area contributed by atoms with E-state index in [1.165, 1.54) is 40.3 Å². The molecule has 0 atom stereocenters. The molecule has 0 bridgehead atoms. The van der Waals surface area contributed by atoms with Crippen LogP contribution in [0, 0.1) is 0 Å². The second-order valence-electron chi connectivity index (χ2n) is 5.75. The van der Waals surface area contributed by atoms with E-state index in [-0.39, 0.29) is 9.92 Å². The minimum Gasteiger partial charge on any atom is -0.273 e. The predicted octanol–water partition coefficient (Wildman–Crippen LogP) is 4.06. The van der Waals surface area contributed by atoms with E-state index in [0.717, 1.165) is 25.7 Å². The number of hydrazine groups is 1. The molecule has 1 aliphatic carbocycles. The Morgan fingerprint density at radius 2 is 1.92 bits per heavy atom. The number of carbonyl (C=O) groups is 1. The molecule has 2 N–H and O–H groups in total. The van der Waals surface area contributed by atoms with Crippen molar-refractivity contribution in [1.82, 2.24) is 10.3 Å². The van der Waals surface area contributed by atoms with Gasteiger partial charge in [0.25, 0.3) is 15.9 Å². The van der Waals surface area contributed by atoms with Crippen LogP contribution in [0.1, 0.15) is 39.4 Å². The van der Waals surface area contributed by atoms with Gasteiger partial charge in [-0.2, -0.15) is 0 Å². The summed E-state index contributed by atoms with van der Waals surface area (Å²) in [5.41, 5.74) is 3.47. The Hall–Kier alpha value is -0.930. The molecule has 0 spiro atoms. The zero-order chi connectivity index (χ0) is 18.0. The van der Waals surface area contributed by atoms with Crippen molar-refractivity contribution in [2.75, 3.05) is 0 Å². The fraction of sp³-hybridized carbons (Fsp3) is 0.312. The maximum Gasteiger partial charge on any atom is 0.276 e. The first kappa shape index (κ1) is 18.8. The number of thiophene rings is 1. The highest BCUT2D eigenvalue weighted by molar-refractivity contribution is 9.10. The van der Waals surface area contributed by atoms with Crippen LogP contribution >= 0.6 is 38.9 Å². The number of sulfonamides is 1. The van der Waals surface area contributed by atoms with Gasteiger partial charge in [0, 0.05) is 9.35 Å². The topological polar surface area (TPSA) is 75.3 Å². The molecule has 5 nitrogen and oxygen atoms in total. The Bertz CT molecular complexity index is 889. The third kappa shape index (κ3) is 4.43. The molecule has 134 valence electrons. The number of rotatable bonds is 4. The number of amides is 1. The number of nitrogens with one attached hydrogen (secondary N) is 2. The molecular weight excluding hydrogens is 448 g/mol. The van der Waals surface area contributed by atoms with Crippen LogP contribution in [0.15, 0.2) is 33.6 Å². The average Bonchev–Trinajstić information content (AvgIpc) is 2.83. The summed E-state index contributed by atoms with van der Waals surface area (Å²) in [5, 5.41) is 0.0685. The van der Waals surface area contributed by atoms with Gasteiger partial charge in [-0.15, -0.1) is 16.2 Å². The van der Waals surface area contributed by atoms with Crippen molar-refractivity contribution in [3.8, 4) is 0 Å². The lowest BCUT2D eigenvalue weighted by molar-refractivity contribution is 0.0949. The number of hydrogen-bond donors (Lipinski definition) is 2. The minimum atomic E-state index is -3.95. The zero-order valence-corrected chi connectivity index (χ0v) is 17.1. The summed E-state index contributed by atoms with van der Waals surface area (Å²) in [4.78, 5) is 16.0. The second kappa shape index (κ2) is 7.75. The largest absolute Gasteiger partial charge is 0.276 e. The van der Waals surface area contributed by atoms with Gasteiger partial charge in [-0.1, -0.05) is 34.0 Å². The highest BCUT2D eigenvalue weighted by Crippen LogP contribution is 2.29. The van der Waals surface area contributed by atoms with Gasteiger partial charge in [-0.3, -0.25) is 10.2 Å². The number of fused-ring (bicyclic) bond motifs is 1. The molecular formula is C16H16BrClN2O3S2. The molecule has 3 rings (SSSR count). The molecule has 0 fully saturated rings. The summed E-state index contributed by atoms with van der Waals surface area (Å²) < 4.78 is 25.3. The molecule has 25 heavy (non-hydrogen) atoms. The summed E-state index contributed by atoms with van der Waals surface area (Å²) in [6, 6.07) is 6.28. The Morgan fingerprint density at radius 1 is 1.16 bits per heavy atom. The van der Waals surface area contributed by atoms with E-state index < -0.39 is 15.9 Å². The van der Waals surface area contributed by atoms with E-state index in [1.807, 2.05) is 6.07 Å². The summed E-state index contributed by atoms with van der Waals surface area (Å²) in [6.45, 7) is 0. The smallest absolute Gasteiger partial charge is 0.273 e. The van der Waals surface area contributed by atoms with E-state index in [2.05, 4.69) is 26.2 Å². The first-order chi connectivity index (χ1) is 11.9. The van der Waals surface area contributed by atoms with E-state index in [1.54, 1.807) is 6.07 Å². The van der Waals surface area contributed by atoms with Crippen LogP contribution in [0.4, 0.5) is 0 Å². The van der Waals surface area contributed by atoms with E-state index >= 15 is 0 Å². The van der Waals surface area contributed by atoms with Crippen molar-refractivity contribution >= 4 is 54.8 Å². The maximum absolute atomic E-state index is 12.3. The van der Waals surface area contributed by atoms with Gasteiger partial charge in [0.05, 0.1) is 9.90 Å². The van der Waals surface area contributed by atoms with Crippen LogP contribution in [-0.4, -0.2) is 14.3 Å². The van der Waals surface area contributed by atoms with Gasteiger partial charge in [-0.05, 0) is 55.5 Å². The molecule has 0 radical (unpaired) electrons. The molecule has 0 saturated heterocycles. The summed E-state index contributed by atoms with van der Waals surface area (Å²) in [6.07, 6.45) is 5.41. The van der Waals surface area contributed by atoms with Gasteiger partial charge in [0.2, 0.25) is 0 Å². The summed E-state index contributed by atoms with van der Waals surface area (Å²) >= 11 is 10.6. The number of halogens is 2. The second-order valence-corrected chi connectivity index (χ2v) is 9.86. The van der Waals surface area contributed by atoms with Crippen LogP contribution in [0.5, 0.6) is 0 Å². The number of hydrogen-bond acceptors (Lipinski definition) is 4. The van der Waals surface area contributed by atoms with Crippen molar-refractivity contribution in [3.05, 3.63) is 49.1 Å². The lowest BCUT2D eigenvalue weighted by atomic mass is 10.1. The molecule has 1 aromatic carbocycles. The number of carbonyl (C=O) groups excluding carboxylic acids is 1. The zero-order valence-electron chi connectivity index (χ0n) is 13.1. The molecule has 0 saturated carbocycles. The van der Waals surface area contributed by atoms with Crippen molar-refractivity contribution in [2.24, 2.45) is 0 Å². The minimum absolute atomic E-state index is 0.0685. The Labute approximate surface area is 163 Å². The van der Waals surface area contributed by atoms with E-state index in [4.69, 9.17) is 11.6 Å². The normalized spacial score (nSPS) is 14.6. The van der Waals surface area contributed by atoms with Crippen LogP contribution in [0.2, 0.25) is 5.02 Å². The fourth-order valence-electron chi connectivity index (χ4n) is 2.70. The van der Waals surface area contributed by atoms with Gasteiger partial charge in [-0.25, -0.2) is 8.42 Å². The fourth-order valence-corrected chi connectivity index (χ4v) is 5.73. The molecule has 1 aromatic heterocycles. The van der Waals surface area contributed by atoms with Crippen molar-refractivity contribution in [2.45, 2.75) is 37.0 Å². The third-order valence-electron chi connectivity index (χ3n) is 3.95. The molecule has 2 aromatic rings. The number of benzene rings is 1. The molecule has 0 unspecified atom stereocenters. The molecule has 1 aliphatic rings. The van der Waals surface area contributed by atoms with Gasteiger partial charge in [0.1, 0.15) is 4.90 Å². The standard InChI is InChI=1S/C16H16BrClN2O3S2/c17-11-6-7-15(12(18)9-11)25(22,23)20-19-16(21)14-8-10-4-2-1-3-5-13(10)24-14/h6-9,20H,1-5H2,(H,19,21). The van der Waals surface area contributed by atoms with E-state index in [0.29, 0.717) is 9.35 Å². The Kier molecular flexibility index (Phi) is 5.85. The van der Waals surface area contributed by atoms with Crippen LogP contribution in [0.25, 0.3) is 0 Å². The average molecular weight is 464 g/mol. The molecule has 1 amide bonds. The first-order valence-electron chi connectivity index (χ1n) is 7.75. The summed E-state index contributed by atoms with van der Waals surface area (Å²) in [5.74, 6) is -0.463. The Balaban J connectivity index is 1.71. The van der Waals surface area contributed by atoms with Crippen molar-refractivity contribution < 1.29 is 13.2 Å². The maximum atomic E-state index is 12.3. The highest BCUT2D eigenvalue weighted by atomic mass is 79.9. The van der Waals surface area contributed by atoms with Crippen molar-refractivity contribution in [1.29, 1.82) is 0 Å². The number of aryl methyl sites for hydroxylation is 2. The molecule has 1 heterocycles. The Morgan fingerprint density at radius 3 is 2.68 bits per heavy atom. The quantitative estimate of drug-likeness (QED) is 0.530. The van der Waals surface area contributed by atoms with E-state index in [9.17, 15) is 13.2 Å². The molecule has 0 aliphatic heterocycles. The van der Waals surface area contributed by atoms with Crippen LogP contribution < -0.4 is 10.3 Å². The lowest BCUT2D eigenvalue weighted by Crippen LogP contribution is -2.41. The first-order valence-corrected chi connectivity index (χ1v) is 11.2. The van der Waals surface area contributed by atoms with Crippen LogP contribution in [0.3, 0.4) is 0 Å². The summed E-state index contributed by atoms with van der Waals surface area (Å²) in [7, 11) is -3.95. The predicted molar refractivity (Wildman–Crippen MR) is 103 cm³/mol.